The third kappa shape index (κ3) is 4.13. The van der Waals surface area contributed by atoms with Crippen LogP contribution in [-0.4, -0.2) is 44.0 Å². The fraction of sp³-hybridized carbons (Fsp3) is 0.318. The third-order valence-electron chi connectivity index (χ3n) is 5.49. The van der Waals surface area contributed by atoms with Gasteiger partial charge in [0.05, 0.1) is 17.9 Å². The minimum Gasteiger partial charge on any atom is -0.463 e. The smallest absolute Gasteiger partial charge is 0.231 e. The molecular formula is C22H23N7O2S. The molecule has 9 nitrogen and oxygen atoms in total. The summed E-state index contributed by atoms with van der Waals surface area (Å²) < 4.78 is 7.15. The van der Waals surface area contributed by atoms with Crippen LogP contribution in [0.15, 0.2) is 46.4 Å². The minimum atomic E-state index is -0.141. The Labute approximate surface area is 189 Å². The average Bonchev–Trinajstić information content (AvgIpc) is 3.55. The molecule has 1 N–H and O–H groups in total. The molecule has 1 aliphatic rings. The minimum absolute atomic E-state index is 0.0257. The molecule has 1 aliphatic heterocycles. The molecule has 1 unspecified atom stereocenters. The highest BCUT2D eigenvalue weighted by molar-refractivity contribution is 7.14. The molecule has 0 saturated carbocycles. The van der Waals surface area contributed by atoms with E-state index >= 15 is 0 Å². The molecule has 0 radical (unpaired) electrons. The Morgan fingerprint density at radius 1 is 1.22 bits per heavy atom. The van der Waals surface area contributed by atoms with Gasteiger partial charge in [0.25, 0.3) is 0 Å². The van der Waals surface area contributed by atoms with E-state index in [0.717, 1.165) is 42.3 Å². The number of thiazole rings is 1. The van der Waals surface area contributed by atoms with E-state index in [-0.39, 0.29) is 11.8 Å². The highest BCUT2D eigenvalue weighted by Crippen LogP contribution is 2.27. The van der Waals surface area contributed by atoms with Gasteiger partial charge in [0.1, 0.15) is 5.69 Å². The summed E-state index contributed by atoms with van der Waals surface area (Å²) in [5, 5.41) is 18.6. The van der Waals surface area contributed by atoms with E-state index in [1.807, 2.05) is 49.6 Å². The SMILES string of the molecule is Cc1cc(C)n(-c2ccc(N3CCCC(C(=O)Nc4nc(-c5ccco5)cs4)C3)nn2)n1. The van der Waals surface area contributed by atoms with Crippen LogP contribution in [0.1, 0.15) is 24.2 Å². The molecular weight excluding hydrogens is 426 g/mol. The lowest BCUT2D eigenvalue weighted by Crippen LogP contribution is -2.41. The Bertz CT molecular complexity index is 1210. The Morgan fingerprint density at radius 2 is 2.06 bits per heavy atom. The van der Waals surface area contributed by atoms with Crippen LogP contribution in [0.5, 0.6) is 0 Å². The predicted molar refractivity (Wildman–Crippen MR) is 122 cm³/mol. The maximum Gasteiger partial charge on any atom is 0.231 e. The van der Waals surface area contributed by atoms with Gasteiger partial charge in [-0.25, -0.2) is 9.67 Å². The average molecular weight is 450 g/mol. The van der Waals surface area contributed by atoms with E-state index < -0.39 is 0 Å². The molecule has 0 bridgehead atoms. The number of hydrogen-bond donors (Lipinski definition) is 1. The van der Waals surface area contributed by atoms with Crippen molar-refractivity contribution in [1.29, 1.82) is 0 Å². The topological polar surface area (TPSA) is 102 Å². The number of nitrogens with zero attached hydrogens (tertiary/aromatic N) is 6. The van der Waals surface area contributed by atoms with Crippen molar-refractivity contribution in [3.05, 3.63) is 53.4 Å². The van der Waals surface area contributed by atoms with Gasteiger partial charge in [-0.05, 0) is 57.0 Å². The van der Waals surface area contributed by atoms with Crippen LogP contribution in [0.4, 0.5) is 10.9 Å². The normalized spacial score (nSPS) is 16.3. The molecule has 0 aromatic carbocycles. The fourth-order valence-electron chi connectivity index (χ4n) is 3.94. The van der Waals surface area contributed by atoms with Crippen LogP contribution in [0.25, 0.3) is 17.3 Å². The predicted octanol–water partition coefficient (Wildman–Crippen LogP) is 3.85. The summed E-state index contributed by atoms with van der Waals surface area (Å²) in [7, 11) is 0. The largest absolute Gasteiger partial charge is 0.463 e. The summed E-state index contributed by atoms with van der Waals surface area (Å²) in [5.74, 6) is 1.97. The standard InChI is InChI=1S/C22H23N7O2S/c1-14-11-15(2)29(27-14)20-8-7-19(25-26-20)28-9-3-5-16(12-28)21(30)24-22-23-17(13-32-22)18-6-4-10-31-18/h4,6-8,10-11,13,16H,3,5,9,12H2,1-2H3,(H,23,24,30). The quantitative estimate of drug-likeness (QED) is 0.494. The zero-order chi connectivity index (χ0) is 22.1. The van der Waals surface area contributed by atoms with Gasteiger partial charge >= 0.3 is 0 Å². The van der Waals surface area contributed by atoms with Gasteiger partial charge in [-0.15, -0.1) is 21.5 Å². The first-order valence-electron chi connectivity index (χ1n) is 10.5. The number of aromatic nitrogens is 5. The number of amides is 1. The van der Waals surface area contributed by atoms with Crippen LogP contribution in [0.3, 0.4) is 0 Å². The maximum atomic E-state index is 12.9. The second-order valence-corrected chi connectivity index (χ2v) is 8.74. The van der Waals surface area contributed by atoms with E-state index in [2.05, 4.69) is 30.5 Å². The van der Waals surface area contributed by atoms with Crippen LogP contribution in [0, 0.1) is 19.8 Å². The summed E-state index contributed by atoms with van der Waals surface area (Å²) in [4.78, 5) is 19.5. The molecule has 1 fully saturated rings. The molecule has 1 amide bonds. The number of hydrogen-bond acceptors (Lipinski definition) is 8. The van der Waals surface area contributed by atoms with Crippen molar-refractivity contribution in [2.75, 3.05) is 23.3 Å². The van der Waals surface area contributed by atoms with Crippen LogP contribution in [0.2, 0.25) is 0 Å². The monoisotopic (exact) mass is 449 g/mol. The van der Waals surface area contributed by atoms with Gasteiger partial charge in [-0.2, -0.15) is 5.10 Å². The zero-order valence-corrected chi connectivity index (χ0v) is 18.7. The highest BCUT2D eigenvalue weighted by atomic mass is 32.1. The fourth-order valence-corrected chi connectivity index (χ4v) is 4.64. The van der Waals surface area contributed by atoms with Gasteiger partial charge in [-0.1, -0.05) is 0 Å². The summed E-state index contributed by atoms with van der Waals surface area (Å²) >= 11 is 1.39. The van der Waals surface area contributed by atoms with Crippen molar-refractivity contribution < 1.29 is 9.21 Å². The maximum absolute atomic E-state index is 12.9. The number of anilines is 2. The first kappa shape index (κ1) is 20.4. The van der Waals surface area contributed by atoms with Crippen molar-refractivity contribution >= 4 is 28.2 Å². The van der Waals surface area contributed by atoms with E-state index in [4.69, 9.17) is 4.42 Å². The summed E-state index contributed by atoms with van der Waals surface area (Å²) in [6.07, 6.45) is 3.35. The number of piperidine rings is 1. The van der Waals surface area contributed by atoms with Gasteiger partial charge in [0, 0.05) is 24.2 Å². The molecule has 164 valence electrons. The molecule has 0 spiro atoms. The molecule has 32 heavy (non-hydrogen) atoms. The number of nitrogens with one attached hydrogen (secondary N) is 1. The zero-order valence-electron chi connectivity index (χ0n) is 17.9. The van der Waals surface area contributed by atoms with Crippen LogP contribution >= 0.6 is 11.3 Å². The summed E-state index contributed by atoms with van der Waals surface area (Å²) in [6, 6.07) is 9.52. The van der Waals surface area contributed by atoms with Crippen LogP contribution < -0.4 is 10.2 Å². The first-order valence-corrected chi connectivity index (χ1v) is 11.4. The number of rotatable bonds is 5. The molecule has 1 saturated heterocycles. The van der Waals surface area contributed by atoms with Gasteiger partial charge in [0.15, 0.2) is 22.5 Å². The van der Waals surface area contributed by atoms with E-state index in [9.17, 15) is 4.79 Å². The summed E-state index contributed by atoms with van der Waals surface area (Å²) in [6.45, 7) is 5.38. The summed E-state index contributed by atoms with van der Waals surface area (Å²) in [5.41, 5.74) is 2.67. The molecule has 10 heteroatoms. The van der Waals surface area contributed by atoms with E-state index in [1.54, 1.807) is 10.9 Å². The Hall–Kier alpha value is -3.53. The second-order valence-electron chi connectivity index (χ2n) is 7.88. The van der Waals surface area contributed by atoms with E-state index in [0.29, 0.717) is 23.3 Å². The van der Waals surface area contributed by atoms with Crippen molar-refractivity contribution in [3.63, 3.8) is 0 Å². The number of aryl methyl sites for hydroxylation is 2. The number of furan rings is 1. The highest BCUT2D eigenvalue weighted by Gasteiger charge is 2.27. The molecule has 0 aliphatic carbocycles. The van der Waals surface area contributed by atoms with Gasteiger partial charge in [-0.3, -0.25) is 4.79 Å². The Morgan fingerprint density at radius 3 is 2.78 bits per heavy atom. The van der Waals surface area contributed by atoms with Crippen LogP contribution in [-0.2, 0) is 4.79 Å². The van der Waals surface area contributed by atoms with Crippen molar-refractivity contribution in [3.8, 4) is 17.3 Å². The second kappa shape index (κ2) is 8.54. The van der Waals surface area contributed by atoms with Crippen molar-refractivity contribution in [2.24, 2.45) is 5.92 Å². The van der Waals surface area contributed by atoms with E-state index in [1.165, 1.54) is 11.3 Å². The molecule has 5 rings (SSSR count). The first-order chi connectivity index (χ1) is 15.6. The van der Waals surface area contributed by atoms with Gasteiger partial charge in [0.2, 0.25) is 5.91 Å². The van der Waals surface area contributed by atoms with Crippen molar-refractivity contribution in [2.45, 2.75) is 26.7 Å². The lowest BCUT2D eigenvalue weighted by molar-refractivity contribution is -0.120. The lowest BCUT2D eigenvalue weighted by atomic mass is 9.97. The number of carbonyl (C=O) groups is 1. The Balaban J connectivity index is 1.24. The molecule has 5 heterocycles. The van der Waals surface area contributed by atoms with Crippen molar-refractivity contribution in [1.82, 2.24) is 25.0 Å². The molecule has 4 aromatic heterocycles. The Kier molecular flexibility index (Phi) is 5.44. The number of carbonyl (C=O) groups excluding carboxylic acids is 1. The lowest BCUT2D eigenvalue weighted by Gasteiger charge is -2.32. The molecule has 1 atom stereocenters. The third-order valence-corrected chi connectivity index (χ3v) is 6.24. The van der Waals surface area contributed by atoms with Gasteiger partial charge < -0.3 is 14.6 Å². The molecule has 4 aromatic rings.